The van der Waals surface area contributed by atoms with Gasteiger partial charge in [-0.2, -0.15) is 11.8 Å². The first-order chi connectivity index (χ1) is 4.46. The molecule has 1 atom stereocenters. The van der Waals surface area contributed by atoms with Crippen LogP contribution < -0.4 is 0 Å². The van der Waals surface area contributed by atoms with Crippen LogP contribution in [0, 0.1) is 5.41 Å². The summed E-state index contributed by atoms with van der Waals surface area (Å²) < 4.78 is 0.549. The SMILES string of the molecule is CC(C)(C)C1(C)CCCS1. The van der Waals surface area contributed by atoms with Crippen molar-refractivity contribution in [2.75, 3.05) is 5.75 Å². The van der Waals surface area contributed by atoms with E-state index in [-0.39, 0.29) is 0 Å². The minimum Gasteiger partial charge on any atom is -0.155 e. The Balaban J connectivity index is 2.67. The Hall–Kier alpha value is 0.350. The van der Waals surface area contributed by atoms with Crippen molar-refractivity contribution >= 4 is 11.8 Å². The molecule has 0 aromatic rings. The molecule has 1 aliphatic rings. The molecule has 1 heteroatoms. The van der Waals surface area contributed by atoms with Crippen LogP contribution in [-0.4, -0.2) is 10.5 Å². The monoisotopic (exact) mass is 158 g/mol. The van der Waals surface area contributed by atoms with E-state index in [1.165, 1.54) is 18.6 Å². The Morgan fingerprint density at radius 3 is 2.10 bits per heavy atom. The van der Waals surface area contributed by atoms with E-state index >= 15 is 0 Å². The lowest BCUT2D eigenvalue weighted by atomic mass is 9.79. The molecule has 1 heterocycles. The summed E-state index contributed by atoms with van der Waals surface area (Å²) in [4.78, 5) is 0. The lowest BCUT2D eigenvalue weighted by Gasteiger charge is -2.37. The summed E-state index contributed by atoms with van der Waals surface area (Å²) in [6, 6.07) is 0. The molecule has 1 rings (SSSR count). The zero-order valence-corrected chi connectivity index (χ0v) is 8.35. The van der Waals surface area contributed by atoms with Gasteiger partial charge in [0.05, 0.1) is 0 Å². The van der Waals surface area contributed by atoms with E-state index in [9.17, 15) is 0 Å². The minimum absolute atomic E-state index is 0.480. The third-order valence-electron chi connectivity index (χ3n) is 2.81. The highest BCUT2D eigenvalue weighted by atomic mass is 32.2. The fraction of sp³-hybridized carbons (Fsp3) is 1.00. The van der Waals surface area contributed by atoms with Crippen LogP contribution in [0.4, 0.5) is 0 Å². The van der Waals surface area contributed by atoms with Crippen LogP contribution in [0.3, 0.4) is 0 Å². The van der Waals surface area contributed by atoms with E-state index in [0.29, 0.717) is 10.2 Å². The molecule has 0 saturated carbocycles. The fourth-order valence-corrected chi connectivity index (χ4v) is 2.83. The van der Waals surface area contributed by atoms with Crippen LogP contribution in [0.5, 0.6) is 0 Å². The number of thioether (sulfide) groups is 1. The minimum atomic E-state index is 0.480. The van der Waals surface area contributed by atoms with Gasteiger partial charge >= 0.3 is 0 Å². The summed E-state index contributed by atoms with van der Waals surface area (Å²) in [5.74, 6) is 1.37. The van der Waals surface area contributed by atoms with Gasteiger partial charge in [0, 0.05) is 4.75 Å². The molecule has 1 unspecified atom stereocenters. The van der Waals surface area contributed by atoms with E-state index in [2.05, 4.69) is 39.5 Å². The van der Waals surface area contributed by atoms with Gasteiger partial charge in [-0.3, -0.25) is 0 Å². The maximum absolute atomic E-state index is 2.41. The highest BCUT2D eigenvalue weighted by molar-refractivity contribution is 8.00. The molecule has 1 aliphatic heterocycles. The Labute approximate surface area is 68.8 Å². The Bertz CT molecular complexity index is 115. The molecule has 0 aromatic heterocycles. The van der Waals surface area contributed by atoms with Gasteiger partial charge in [0.15, 0.2) is 0 Å². The topological polar surface area (TPSA) is 0 Å². The second-order valence-electron chi connectivity index (χ2n) is 4.43. The van der Waals surface area contributed by atoms with Crippen molar-refractivity contribution in [3.63, 3.8) is 0 Å². The molecule has 0 N–H and O–H groups in total. The Morgan fingerprint density at radius 1 is 1.30 bits per heavy atom. The van der Waals surface area contributed by atoms with Gasteiger partial charge in [0.25, 0.3) is 0 Å². The van der Waals surface area contributed by atoms with Crippen LogP contribution in [0.2, 0.25) is 0 Å². The predicted octanol–water partition coefficient (Wildman–Crippen LogP) is 3.32. The summed E-state index contributed by atoms with van der Waals surface area (Å²) in [5, 5.41) is 0. The average Bonchev–Trinajstić information content (AvgIpc) is 2.13. The molecule has 1 fully saturated rings. The summed E-state index contributed by atoms with van der Waals surface area (Å²) in [6.45, 7) is 9.46. The number of hydrogen-bond acceptors (Lipinski definition) is 1. The fourth-order valence-electron chi connectivity index (χ4n) is 1.37. The van der Waals surface area contributed by atoms with Crippen molar-refractivity contribution < 1.29 is 0 Å². The largest absolute Gasteiger partial charge is 0.155 e. The van der Waals surface area contributed by atoms with Crippen molar-refractivity contribution in [3.05, 3.63) is 0 Å². The van der Waals surface area contributed by atoms with Gasteiger partial charge in [-0.15, -0.1) is 0 Å². The standard InChI is InChI=1S/C9H18S/c1-8(2,3)9(4)6-5-7-10-9/h5-7H2,1-4H3. The summed E-state index contributed by atoms with van der Waals surface area (Å²) in [7, 11) is 0. The van der Waals surface area contributed by atoms with Crippen LogP contribution in [-0.2, 0) is 0 Å². The van der Waals surface area contributed by atoms with Gasteiger partial charge in [-0.05, 0) is 30.9 Å². The predicted molar refractivity (Wildman–Crippen MR) is 49.6 cm³/mol. The molecule has 0 aromatic carbocycles. The van der Waals surface area contributed by atoms with Crippen molar-refractivity contribution in [1.82, 2.24) is 0 Å². The normalized spacial score (nSPS) is 34.8. The molecule has 0 amide bonds. The molecule has 0 spiro atoms. The first-order valence-corrected chi connectivity index (χ1v) is 5.08. The first kappa shape index (κ1) is 8.45. The van der Waals surface area contributed by atoms with Crippen molar-refractivity contribution in [2.24, 2.45) is 5.41 Å². The van der Waals surface area contributed by atoms with Gasteiger partial charge in [0.1, 0.15) is 0 Å². The third-order valence-corrected chi connectivity index (χ3v) is 4.75. The maximum atomic E-state index is 2.41. The highest BCUT2D eigenvalue weighted by Gasteiger charge is 2.40. The third kappa shape index (κ3) is 1.34. The van der Waals surface area contributed by atoms with Crippen molar-refractivity contribution in [2.45, 2.75) is 45.3 Å². The molecular weight excluding hydrogens is 140 g/mol. The van der Waals surface area contributed by atoms with Gasteiger partial charge < -0.3 is 0 Å². The van der Waals surface area contributed by atoms with Crippen LogP contribution >= 0.6 is 11.8 Å². The van der Waals surface area contributed by atoms with Crippen molar-refractivity contribution in [1.29, 1.82) is 0 Å². The quantitative estimate of drug-likeness (QED) is 0.521. The first-order valence-electron chi connectivity index (χ1n) is 4.10. The second kappa shape index (κ2) is 2.44. The Morgan fingerprint density at radius 2 is 1.90 bits per heavy atom. The van der Waals surface area contributed by atoms with Gasteiger partial charge in [0.2, 0.25) is 0 Å². The zero-order chi connectivity index (χ0) is 7.83. The molecule has 0 aliphatic carbocycles. The van der Waals surface area contributed by atoms with Crippen molar-refractivity contribution in [3.8, 4) is 0 Å². The summed E-state index contributed by atoms with van der Waals surface area (Å²) in [6.07, 6.45) is 2.82. The number of rotatable bonds is 0. The van der Waals surface area contributed by atoms with Crippen LogP contribution in [0.1, 0.15) is 40.5 Å². The van der Waals surface area contributed by atoms with Gasteiger partial charge in [-0.25, -0.2) is 0 Å². The molecule has 0 nitrogen and oxygen atoms in total. The smallest absolute Gasteiger partial charge is 0.0180 e. The second-order valence-corrected chi connectivity index (χ2v) is 6.03. The molecule has 10 heavy (non-hydrogen) atoms. The van der Waals surface area contributed by atoms with E-state index in [1.807, 2.05) is 0 Å². The lowest BCUT2D eigenvalue weighted by molar-refractivity contribution is 0.293. The maximum Gasteiger partial charge on any atom is 0.0180 e. The lowest BCUT2D eigenvalue weighted by Crippen LogP contribution is -2.33. The van der Waals surface area contributed by atoms with E-state index in [4.69, 9.17) is 0 Å². The molecule has 60 valence electrons. The van der Waals surface area contributed by atoms with E-state index in [0.717, 1.165) is 0 Å². The average molecular weight is 158 g/mol. The summed E-state index contributed by atoms with van der Waals surface area (Å²) >= 11 is 2.15. The van der Waals surface area contributed by atoms with Gasteiger partial charge in [-0.1, -0.05) is 20.8 Å². The molecule has 1 saturated heterocycles. The number of hydrogen-bond donors (Lipinski definition) is 0. The van der Waals surface area contributed by atoms with Crippen LogP contribution in [0.25, 0.3) is 0 Å². The van der Waals surface area contributed by atoms with Crippen LogP contribution in [0.15, 0.2) is 0 Å². The molecular formula is C9H18S. The molecule has 0 bridgehead atoms. The highest BCUT2D eigenvalue weighted by Crippen LogP contribution is 2.49. The zero-order valence-electron chi connectivity index (χ0n) is 7.53. The Kier molecular flexibility index (Phi) is 2.06. The van der Waals surface area contributed by atoms with E-state index < -0.39 is 0 Å². The summed E-state index contributed by atoms with van der Waals surface area (Å²) in [5.41, 5.74) is 0.480. The molecule has 0 radical (unpaired) electrons. The van der Waals surface area contributed by atoms with E-state index in [1.54, 1.807) is 0 Å².